The summed E-state index contributed by atoms with van der Waals surface area (Å²) in [5, 5.41) is 5.61. The van der Waals surface area contributed by atoms with Gasteiger partial charge in [-0.1, -0.05) is 60.7 Å². The van der Waals surface area contributed by atoms with Crippen LogP contribution in [0, 0.1) is 0 Å². The molecule has 26 heavy (non-hydrogen) atoms. The number of hydrogen-bond acceptors (Lipinski definition) is 1. The minimum atomic E-state index is -2.35. The van der Waals surface area contributed by atoms with Gasteiger partial charge in [-0.2, -0.15) is 4.57 Å². The Kier molecular flexibility index (Phi) is 2.72. The van der Waals surface area contributed by atoms with Crippen molar-refractivity contribution in [2.45, 2.75) is 6.54 Å². The molecule has 2 nitrogen and oxygen atoms in total. The second-order valence-electron chi connectivity index (χ2n) is 7.07. The van der Waals surface area contributed by atoms with E-state index in [1.165, 1.54) is 37.7 Å². The van der Waals surface area contributed by atoms with E-state index in [1.54, 1.807) is 0 Å². The van der Waals surface area contributed by atoms with Crippen molar-refractivity contribution in [2.24, 2.45) is 0 Å². The van der Waals surface area contributed by atoms with Gasteiger partial charge < -0.3 is 0 Å². The molecule has 122 valence electrons. The van der Waals surface area contributed by atoms with Gasteiger partial charge in [-0.15, -0.1) is 0 Å². The molecule has 0 aliphatic carbocycles. The smallest absolute Gasteiger partial charge is 0.215 e. The standard InChI is InChI=1S/C23H17N2Si/c1-3-8-18(9-4-1)26(19-10-5-2-6-11-19)20-12-7-15-25-16-17-13-14-24-23(26)21(17)22(20)25/h1-15H,16H2/q+1. The molecule has 0 bridgehead atoms. The fourth-order valence-electron chi connectivity index (χ4n) is 4.88. The molecular weight excluding hydrogens is 332 g/mol. The maximum atomic E-state index is 5.02. The highest BCUT2D eigenvalue weighted by Gasteiger charge is 2.56. The van der Waals surface area contributed by atoms with E-state index in [9.17, 15) is 0 Å². The van der Waals surface area contributed by atoms with Crippen LogP contribution in [-0.4, -0.2) is 13.1 Å². The van der Waals surface area contributed by atoms with E-state index in [-0.39, 0.29) is 0 Å². The van der Waals surface area contributed by atoms with Crippen LogP contribution in [0.15, 0.2) is 91.3 Å². The van der Waals surface area contributed by atoms with Crippen LogP contribution in [0.3, 0.4) is 0 Å². The SMILES string of the molecule is c1ccc([Si]2(c3ccccc3)c3ccc[n+]4c3-c3c(ccnc32)C4)cc1. The largest absolute Gasteiger partial charge is 0.264 e. The van der Waals surface area contributed by atoms with Gasteiger partial charge in [-0.25, -0.2) is 0 Å². The van der Waals surface area contributed by atoms with Crippen molar-refractivity contribution in [2.75, 3.05) is 0 Å². The van der Waals surface area contributed by atoms with E-state index in [1.807, 2.05) is 6.20 Å². The van der Waals surface area contributed by atoms with Gasteiger partial charge in [0.2, 0.25) is 13.8 Å². The molecule has 0 N–H and O–H groups in total. The molecule has 2 aromatic heterocycles. The number of pyridine rings is 2. The van der Waals surface area contributed by atoms with Crippen molar-refractivity contribution in [3.05, 3.63) is 96.8 Å². The predicted molar refractivity (Wildman–Crippen MR) is 106 cm³/mol. The summed E-state index contributed by atoms with van der Waals surface area (Å²) in [7, 11) is -2.35. The van der Waals surface area contributed by atoms with Crippen LogP contribution in [0.2, 0.25) is 0 Å². The lowest BCUT2D eigenvalue weighted by atomic mass is 10.1. The van der Waals surface area contributed by atoms with Crippen molar-refractivity contribution in [1.82, 2.24) is 4.98 Å². The van der Waals surface area contributed by atoms with Crippen LogP contribution < -0.4 is 25.4 Å². The second-order valence-corrected chi connectivity index (χ2v) is 10.7. The molecular formula is C23H17N2Si+. The zero-order valence-electron chi connectivity index (χ0n) is 14.3. The highest BCUT2D eigenvalue weighted by atomic mass is 28.3. The van der Waals surface area contributed by atoms with Crippen LogP contribution in [0.25, 0.3) is 11.3 Å². The minimum absolute atomic E-state index is 0.960. The summed E-state index contributed by atoms with van der Waals surface area (Å²) >= 11 is 0. The molecule has 3 heteroatoms. The molecule has 0 atom stereocenters. The van der Waals surface area contributed by atoms with E-state index < -0.39 is 8.07 Å². The zero-order valence-corrected chi connectivity index (χ0v) is 15.3. The lowest BCUT2D eigenvalue weighted by Gasteiger charge is -2.29. The Morgan fingerprint density at radius 3 is 2.15 bits per heavy atom. The topological polar surface area (TPSA) is 16.8 Å². The summed E-state index contributed by atoms with van der Waals surface area (Å²) in [5.41, 5.74) is 4.19. The number of benzene rings is 2. The molecule has 0 unspecified atom stereocenters. The first-order chi connectivity index (χ1) is 12.9. The Morgan fingerprint density at radius 2 is 1.46 bits per heavy atom. The van der Waals surface area contributed by atoms with Gasteiger partial charge in [0.25, 0.3) is 0 Å². The molecule has 4 aromatic rings. The van der Waals surface area contributed by atoms with Gasteiger partial charge in [0, 0.05) is 23.0 Å². The highest BCUT2D eigenvalue weighted by molar-refractivity contribution is 7.21. The van der Waals surface area contributed by atoms with Gasteiger partial charge in [0.1, 0.15) is 0 Å². The molecule has 0 radical (unpaired) electrons. The molecule has 2 aromatic carbocycles. The summed E-state index contributed by atoms with van der Waals surface area (Å²) in [6, 6.07) is 28.8. The Balaban J connectivity index is 1.84. The molecule has 2 aliphatic heterocycles. The Hall–Kier alpha value is -3.04. The monoisotopic (exact) mass is 349 g/mol. The van der Waals surface area contributed by atoms with Gasteiger partial charge in [0.05, 0.1) is 10.9 Å². The summed E-state index contributed by atoms with van der Waals surface area (Å²) in [5.74, 6) is 0. The van der Waals surface area contributed by atoms with E-state index >= 15 is 0 Å². The fraction of sp³-hybridized carbons (Fsp3) is 0.0435. The average molecular weight is 349 g/mol. The third kappa shape index (κ3) is 1.57. The molecule has 4 heterocycles. The minimum Gasteiger partial charge on any atom is -0.264 e. The second kappa shape index (κ2) is 4.99. The quantitative estimate of drug-likeness (QED) is 0.338. The molecule has 0 spiro atoms. The fourth-order valence-corrected chi connectivity index (χ4v) is 9.92. The van der Waals surface area contributed by atoms with E-state index in [0.717, 1.165) is 6.54 Å². The van der Waals surface area contributed by atoms with Crippen molar-refractivity contribution in [1.29, 1.82) is 0 Å². The van der Waals surface area contributed by atoms with Crippen LogP contribution in [-0.2, 0) is 6.54 Å². The van der Waals surface area contributed by atoms with E-state index in [2.05, 4.69) is 89.6 Å². The van der Waals surface area contributed by atoms with Crippen molar-refractivity contribution in [3.8, 4) is 11.3 Å². The van der Waals surface area contributed by atoms with Crippen LogP contribution in [0.5, 0.6) is 0 Å². The lowest BCUT2D eigenvalue weighted by Crippen LogP contribution is -2.74. The third-order valence-electron chi connectivity index (χ3n) is 5.86. The van der Waals surface area contributed by atoms with Crippen LogP contribution in [0.4, 0.5) is 0 Å². The van der Waals surface area contributed by atoms with Crippen LogP contribution in [0.1, 0.15) is 5.56 Å². The maximum Gasteiger partial charge on any atom is 0.215 e. The van der Waals surface area contributed by atoms with Crippen molar-refractivity contribution >= 4 is 29.0 Å². The molecule has 6 rings (SSSR count). The Labute approximate surface area is 153 Å². The third-order valence-corrected chi connectivity index (χ3v) is 10.6. The first-order valence-corrected chi connectivity index (χ1v) is 11.0. The number of rotatable bonds is 2. The Morgan fingerprint density at radius 1 is 0.769 bits per heavy atom. The van der Waals surface area contributed by atoms with Crippen molar-refractivity contribution < 1.29 is 4.57 Å². The average Bonchev–Trinajstić information content (AvgIpc) is 3.24. The van der Waals surface area contributed by atoms with Gasteiger partial charge in [-0.3, -0.25) is 4.98 Å². The number of hydrogen-bond donors (Lipinski definition) is 0. The van der Waals surface area contributed by atoms with Crippen LogP contribution >= 0.6 is 0 Å². The summed E-state index contributed by atoms with van der Waals surface area (Å²) in [4.78, 5) is 5.02. The molecule has 0 saturated carbocycles. The molecule has 0 saturated heterocycles. The maximum absolute atomic E-state index is 5.02. The van der Waals surface area contributed by atoms with Gasteiger partial charge in [0.15, 0.2) is 12.7 Å². The number of aromatic nitrogens is 2. The van der Waals surface area contributed by atoms with Gasteiger partial charge >= 0.3 is 0 Å². The molecule has 0 fully saturated rings. The van der Waals surface area contributed by atoms with Crippen molar-refractivity contribution in [3.63, 3.8) is 0 Å². The Bertz CT molecular complexity index is 1060. The van der Waals surface area contributed by atoms with E-state index in [4.69, 9.17) is 4.98 Å². The lowest BCUT2D eigenvalue weighted by molar-refractivity contribution is -0.671. The zero-order chi connectivity index (χ0) is 17.1. The summed E-state index contributed by atoms with van der Waals surface area (Å²) in [6.07, 6.45) is 4.22. The van der Waals surface area contributed by atoms with E-state index in [0.29, 0.717) is 0 Å². The normalized spacial score (nSPS) is 15.1. The predicted octanol–water partition coefficient (Wildman–Crippen LogP) is 1.09. The molecule has 2 aliphatic rings. The number of nitrogens with zero attached hydrogens (tertiary/aromatic N) is 2. The first kappa shape index (κ1) is 14.2. The summed E-state index contributed by atoms with van der Waals surface area (Å²) < 4.78 is 2.41. The summed E-state index contributed by atoms with van der Waals surface area (Å²) in [6.45, 7) is 0.960. The highest BCUT2D eigenvalue weighted by Crippen LogP contribution is 2.31. The molecule has 0 amide bonds. The van der Waals surface area contributed by atoms with Gasteiger partial charge in [-0.05, 0) is 22.5 Å². The first-order valence-electron chi connectivity index (χ1n) is 9.03.